The normalized spacial score (nSPS) is 22.6. The third kappa shape index (κ3) is 3.31. The Kier molecular flexibility index (Phi) is 4.23. The molecule has 0 aliphatic heterocycles. The number of benzene rings is 1. The van der Waals surface area contributed by atoms with Crippen LogP contribution in [0.15, 0.2) is 59.5 Å². The molecule has 7 heteroatoms. The quantitative estimate of drug-likeness (QED) is 0.388. The minimum Gasteiger partial charge on any atom is -0.357 e. The smallest absolute Gasteiger partial charge is 0.270 e. The number of hydrogen-bond acceptors (Lipinski definition) is 4. The van der Waals surface area contributed by atoms with Crippen LogP contribution in [0.5, 0.6) is 0 Å². The van der Waals surface area contributed by atoms with Crippen LogP contribution >= 0.6 is 0 Å². The van der Waals surface area contributed by atoms with Gasteiger partial charge in [0.1, 0.15) is 11.3 Å². The minimum atomic E-state index is -0.377. The van der Waals surface area contributed by atoms with Crippen LogP contribution in [0.2, 0.25) is 0 Å². The predicted octanol–water partition coefficient (Wildman–Crippen LogP) is 2.61. The molecule has 2 fully saturated rings. The van der Waals surface area contributed by atoms with Crippen molar-refractivity contribution in [2.45, 2.75) is 25.9 Å². The van der Waals surface area contributed by atoms with E-state index in [0.717, 1.165) is 48.1 Å². The second kappa shape index (κ2) is 7.06. The fourth-order valence-corrected chi connectivity index (χ4v) is 4.88. The van der Waals surface area contributed by atoms with Gasteiger partial charge in [-0.1, -0.05) is 24.1 Å². The first-order valence-corrected chi connectivity index (χ1v) is 11.1. The zero-order valence-corrected chi connectivity index (χ0v) is 18.0. The maximum Gasteiger partial charge on any atom is 0.270 e. The summed E-state index contributed by atoms with van der Waals surface area (Å²) < 4.78 is 1.41. The lowest BCUT2D eigenvalue weighted by Gasteiger charge is -2.06. The Labute approximate surface area is 190 Å². The maximum absolute atomic E-state index is 12.6. The SMILES string of the molecule is C#CC12CC1(CNCc1cc3ccc(CNC(=O)c4cc(=O)n5ccccc5n4)cc3[nH]1)C2. The number of aromatic amines is 1. The molecular weight excluding hydrogens is 414 g/mol. The van der Waals surface area contributed by atoms with Gasteiger partial charge in [-0.15, -0.1) is 6.42 Å². The van der Waals surface area contributed by atoms with Gasteiger partial charge in [0.2, 0.25) is 0 Å². The number of H-pyrrole nitrogens is 1. The highest BCUT2D eigenvalue weighted by Crippen LogP contribution is 2.85. The number of rotatable bonds is 7. The number of nitrogens with zero attached hydrogens (tertiary/aromatic N) is 2. The molecule has 0 bridgehead atoms. The standard InChI is InChI=1S/C26H23N5O2/c1-2-25-14-26(25,15-25)16-27-13-19-10-18-7-6-17(9-20(18)29-19)12-28-24(33)21-11-23(32)31-8-4-3-5-22(31)30-21/h1,3-11,27,29H,12-16H2,(H,28,33). The fourth-order valence-electron chi connectivity index (χ4n) is 4.88. The summed E-state index contributed by atoms with van der Waals surface area (Å²) in [5.41, 5.74) is 3.94. The highest BCUT2D eigenvalue weighted by Gasteiger charge is 2.82. The average molecular weight is 438 g/mol. The topological polar surface area (TPSA) is 91.3 Å². The van der Waals surface area contributed by atoms with Crippen molar-refractivity contribution in [2.75, 3.05) is 6.54 Å². The van der Waals surface area contributed by atoms with Gasteiger partial charge < -0.3 is 15.6 Å². The lowest BCUT2D eigenvalue weighted by atomic mass is 10.1. The Morgan fingerprint density at radius 1 is 1.18 bits per heavy atom. The number of fused-ring (bicyclic) bond motifs is 3. The molecule has 3 aromatic heterocycles. The number of amides is 1. The predicted molar refractivity (Wildman–Crippen MR) is 126 cm³/mol. The second-order valence-electron chi connectivity index (χ2n) is 9.27. The van der Waals surface area contributed by atoms with Crippen molar-refractivity contribution in [3.63, 3.8) is 0 Å². The van der Waals surface area contributed by atoms with Crippen LogP contribution in [0, 0.1) is 23.2 Å². The molecule has 2 aliphatic rings. The molecule has 3 heterocycles. The van der Waals surface area contributed by atoms with Gasteiger partial charge in [0.25, 0.3) is 11.5 Å². The molecule has 1 amide bonds. The molecule has 2 aliphatic carbocycles. The van der Waals surface area contributed by atoms with Crippen LogP contribution in [-0.2, 0) is 13.1 Å². The van der Waals surface area contributed by atoms with Gasteiger partial charge in [-0.2, -0.15) is 0 Å². The molecule has 2 saturated carbocycles. The second-order valence-corrected chi connectivity index (χ2v) is 9.27. The van der Waals surface area contributed by atoms with Crippen LogP contribution < -0.4 is 16.2 Å². The molecule has 0 unspecified atom stereocenters. The molecule has 0 radical (unpaired) electrons. The van der Waals surface area contributed by atoms with E-state index in [1.807, 2.05) is 18.2 Å². The van der Waals surface area contributed by atoms with E-state index < -0.39 is 0 Å². The third-order valence-electron chi connectivity index (χ3n) is 7.10. The van der Waals surface area contributed by atoms with Gasteiger partial charge in [0.15, 0.2) is 0 Å². The summed E-state index contributed by atoms with van der Waals surface area (Å²) >= 11 is 0. The zero-order valence-electron chi connectivity index (χ0n) is 18.0. The molecule has 6 rings (SSSR count). The molecule has 3 N–H and O–H groups in total. The number of hydrogen-bond donors (Lipinski definition) is 3. The Morgan fingerprint density at radius 2 is 2.06 bits per heavy atom. The number of aromatic nitrogens is 3. The molecule has 0 saturated heterocycles. The summed E-state index contributed by atoms with van der Waals surface area (Å²) in [7, 11) is 0. The Morgan fingerprint density at radius 3 is 2.88 bits per heavy atom. The average Bonchev–Trinajstić information content (AvgIpc) is 3.57. The van der Waals surface area contributed by atoms with Crippen molar-refractivity contribution in [3.05, 3.63) is 82.0 Å². The molecule has 33 heavy (non-hydrogen) atoms. The van der Waals surface area contributed by atoms with Gasteiger partial charge in [-0.25, -0.2) is 4.98 Å². The van der Waals surface area contributed by atoms with Crippen molar-refractivity contribution < 1.29 is 4.79 Å². The number of nitrogens with one attached hydrogen (secondary N) is 3. The van der Waals surface area contributed by atoms with E-state index in [-0.39, 0.29) is 22.6 Å². The van der Waals surface area contributed by atoms with Crippen molar-refractivity contribution in [1.29, 1.82) is 0 Å². The van der Waals surface area contributed by atoms with Crippen molar-refractivity contribution in [1.82, 2.24) is 25.0 Å². The van der Waals surface area contributed by atoms with Gasteiger partial charge in [0, 0.05) is 53.9 Å². The first-order chi connectivity index (χ1) is 16.0. The molecule has 1 aromatic carbocycles. The molecule has 4 aromatic rings. The van der Waals surface area contributed by atoms with Crippen molar-refractivity contribution in [3.8, 4) is 12.3 Å². The summed E-state index contributed by atoms with van der Waals surface area (Å²) in [4.78, 5) is 32.5. The summed E-state index contributed by atoms with van der Waals surface area (Å²) in [6, 6.07) is 14.7. The van der Waals surface area contributed by atoms with Crippen molar-refractivity contribution >= 4 is 22.5 Å². The lowest BCUT2D eigenvalue weighted by molar-refractivity contribution is 0.0946. The van der Waals surface area contributed by atoms with Gasteiger partial charge in [-0.05, 0) is 48.1 Å². The summed E-state index contributed by atoms with van der Waals surface area (Å²) in [5.74, 6) is 2.57. The Balaban J connectivity index is 1.09. The summed E-state index contributed by atoms with van der Waals surface area (Å²) in [6.07, 6.45) is 9.57. The van der Waals surface area contributed by atoms with Gasteiger partial charge in [-0.3, -0.25) is 14.0 Å². The fraction of sp³-hybridized carbons (Fsp3) is 0.269. The molecule has 0 atom stereocenters. The molecular formula is C26H23N5O2. The van der Waals surface area contributed by atoms with Crippen LogP contribution in [0.1, 0.15) is 34.6 Å². The van der Waals surface area contributed by atoms with E-state index in [1.54, 1.807) is 24.4 Å². The molecule has 7 nitrogen and oxygen atoms in total. The molecule has 164 valence electrons. The summed E-state index contributed by atoms with van der Waals surface area (Å²) in [5, 5.41) is 7.52. The van der Waals surface area contributed by atoms with Crippen LogP contribution in [0.25, 0.3) is 16.6 Å². The lowest BCUT2D eigenvalue weighted by Crippen LogP contribution is -2.26. The number of carbonyl (C=O) groups is 1. The first kappa shape index (κ1) is 19.8. The largest absolute Gasteiger partial charge is 0.357 e. The van der Waals surface area contributed by atoms with E-state index >= 15 is 0 Å². The van der Waals surface area contributed by atoms with E-state index in [4.69, 9.17) is 6.42 Å². The summed E-state index contributed by atoms with van der Waals surface area (Å²) in [6.45, 7) is 2.08. The van der Waals surface area contributed by atoms with E-state index in [1.165, 1.54) is 10.5 Å². The van der Waals surface area contributed by atoms with E-state index in [2.05, 4.69) is 32.6 Å². The van der Waals surface area contributed by atoms with Crippen LogP contribution in [0.3, 0.4) is 0 Å². The van der Waals surface area contributed by atoms with E-state index in [0.29, 0.717) is 17.6 Å². The molecule has 0 spiro atoms. The minimum absolute atomic E-state index is 0.111. The first-order valence-electron chi connectivity index (χ1n) is 11.1. The number of pyridine rings is 1. The van der Waals surface area contributed by atoms with Gasteiger partial charge in [0.05, 0.1) is 0 Å². The Bertz CT molecular complexity index is 1520. The van der Waals surface area contributed by atoms with Gasteiger partial charge >= 0.3 is 0 Å². The maximum atomic E-state index is 12.6. The van der Waals surface area contributed by atoms with Crippen LogP contribution in [0.4, 0.5) is 0 Å². The van der Waals surface area contributed by atoms with Crippen LogP contribution in [-0.4, -0.2) is 26.8 Å². The number of carbonyl (C=O) groups excluding carboxylic acids is 1. The zero-order chi connectivity index (χ0) is 22.6. The third-order valence-corrected chi connectivity index (χ3v) is 7.10. The van der Waals surface area contributed by atoms with E-state index in [9.17, 15) is 9.59 Å². The monoisotopic (exact) mass is 437 g/mol. The Hall–Kier alpha value is -3.89. The van der Waals surface area contributed by atoms with Crippen molar-refractivity contribution in [2.24, 2.45) is 10.8 Å². The highest BCUT2D eigenvalue weighted by atomic mass is 16.2. The highest BCUT2D eigenvalue weighted by molar-refractivity contribution is 5.92. The number of terminal acetylenes is 1.